The predicted molar refractivity (Wildman–Crippen MR) is 34.3 cm³/mol. The second-order valence-corrected chi connectivity index (χ2v) is 2.01. The average Bonchev–Trinajstić information content (AvgIpc) is 1.80. The molecule has 3 nitrogen and oxygen atoms in total. The van der Waals surface area contributed by atoms with Crippen molar-refractivity contribution in [1.29, 1.82) is 0 Å². The van der Waals surface area contributed by atoms with Crippen molar-refractivity contribution < 1.29 is 12.9 Å². The van der Waals surface area contributed by atoms with Crippen LogP contribution in [0.4, 0.5) is 0 Å². The molecule has 1 atom stereocenters. The van der Waals surface area contributed by atoms with Gasteiger partial charge in [0.1, 0.15) is 0 Å². The minimum Gasteiger partial charge on any atom is -0.750 e. The molecule has 1 unspecified atom stereocenters. The third-order valence-corrected chi connectivity index (χ3v) is 0.991. The van der Waals surface area contributed by atoms with Crippen molar-refractivity contribution in [3.05, 3.63) is 12.2 Å². The summed E-state index contributed by atoms with van der Waals surface area (Å²) in [7, 11) is 0. The molecular weight excluding hydrogens is 140 g/mol. The van der Waals surface area contributed by atoms with Crippen molar-refractivity contribution in [3.8, 4) is 0 Å². The fourth-order valence-electron chi connectivity index (χ4n) is 0.330. The van der Waals surface area contributed by atoms with E-state index in [4.69, 9.17) is 0 Å². The van der Waals surface area contributed by atoms with Crippen LogP contribution in [0.3, 0.4) is 0 Å². The largest absolute Gasteiger partial charge is 0.750 e. The second kappa shape index (κ2) is 5.94. The summed E-state index contributed by atoms with van der Waals surface area (Å²) < 4.78 is 23.6. The van der Waals surface area contributed by atoms with E-state index in [9.17, 15) is 8.76 Å². The monoisotopic (exact) mass is 149 g/mol. The molecule has 0 N–H and O–H groups in total. The van der Waals surface area contributed by atoms with Crippen LogP contribution in [-0.2, 0) is 15.5 Å². The van der Waals surface area contributed by atoms with Crippen LogP contribution in [0.15, 0.2) is 12.2 Å². The Morgan fingerprint density at radius 1 is 1.67 bits per heavy atom. The van der Waals surface area contributed by atoms with E-state index < -0.39 is 11.4 Å². The Balaban J connectivity index is 3.09. The van der Waals surface area contributed by atoms with Gasteiger partial charge in [0.25, 0.3) is 0 Å². The lowest BCUT2D eigenvalue weighted by Gasteiger charge is -2.00. The van der Waals surface area contributed by atoms with Gasteiger partial charge in [-0.1, -0.05) is 19.1 Å². The lowest BCUT2D eigenvalue weighted by Crippen LogP contribution is -1.93. The van der Waals surface area contributed by atoms with Crippen molar-refractivity contribution in [3.63, 3.8) is 0 Å². The summed E-state index contributed by atoms with van der Waals surface area (Å²) in [6.45, 7) is 2.11. The molecule has 0 heterocycles. The van der Waals surface area contributed by atoms with Gasteiger partial charge < -0.3 is 4.55 Å². The van der Waals surface area contributed by atoms with E-state index >= 15 is 0 Å². The van der Waals surface area contributed by atoms with Crippen molar-refractivity contribution >= 4 is 11.4 Å². The van der Waals surface area contributed by atoms with Gasteiger partial charge >= 0.3 is 0 Å². The fraction of sp³-hybridized carbons (Fsp3) is 0.600. The first kappa shape index (κ1) is 8.81. The Morgan fingerprint density at radius 3 is 2.78 bits per heavy atom. The molecule has 0 amide bonds. The van der Waals surface area contributed by atoms with Gasteiger partial charge in [-0.2, -0.15) is 0 Å². The topological polar surface area (TPSA) is 49.4 Å². The van der Waals surface area contributed by atoms with Crippen LogP contribution in [0.1, 0.15) is 13.3 Å². The van der Waals surface area contributed by atoms with E-state index in [2.05, 4.69) is 4.18 Å². The van der Waals surface area contributed by atoms with Gasteiger partial charge in [-0.25, -0.2) is 4.21 Å². The maximum atomic E-state index is 9.71. The average molecular weight is 149 g/mol. The number of allylic oxidation sites excluding steroid dienone is 1. The maximum Gasteiger partial charge on any atom is 0.0845 e. The summed E-state index contributed by atoms with van der Waals surface area (Å²) in [6, 6.07) is 0. The van der Waals surface area contributed by atoms with E-state index in [1.807, 2.05) is 13.0 Å². The first-order chi connectivity index (χ1) is 4.27. The van der Waals surface area contributed by atoms with Crippen LogP contribution >= 0.6 is 0 Å². The van der Waals surface area contributed by atoms with E-state index in [0.717, 1.165) is 6.42 Å². The van der Waals surface area contributed by atoms with E-state index in [0.29, 0.717) is 0 Å². The molecule has 54 valence electrons. The van der Waals surface area contributed by atoms with Crippen LogP contribution in [-0.4, -0.2) is 15.4 Å². The molecule has 0 bridgehead atoms. The first-order valence-corrected chi connectivity index (χ1v) is 3.65. The van der Waals surface area contributed by atoms with Gasteiger partial charge in [0.05, 0.1) is 18.0 Å². The van der Waals surface area contributed by atoms with E-state index in [-0.39, 0.29) is 6.61 Å². The molecule has 0 aromatic heterocycles. The summed E-state index contributed by atoms with van der Waals surface area (Å²) in [5.74, 6) is 0. The second-order valence-electron chi connectivity index (χ2n) is 1.37. The van der Waals surface area contributed by atoms with Crippen molar-refractivity contribution in [2.45, 2.75) is 13.3 Å². The van der Waals surface area contributed by atoms with Gasteiger partial charge in [-0.05, 0) is 6.42 Å². The van der Waals surface area contributed by atoms with Crippen LogP contribution in [0.2, 0.25) is 0 Å². The fourth-order valence-corrected chi connectivity index (χ4v) is 0.519. The third-order valence-electron chi connectivity index (χ3n) is 0.663. The molecule has 0 aliphatic heterocycles. The number of hydrogen-bond acceptors (Lipinski definition) is 3. The Bertz CT molecular complexity index is 111. The maximum absolute atomic E-state index is 9.71. The smallest absolute Gasteiger partial charge is 0.0845 e. The van der Waals surface area contributed by atoms with Gasteiger partial charge in [0, 0.05) is 0 Å². The highest BCUT2D eigenvalue weighted by Gasteiger charge is 1.76. The first-order valence-electron chi connectivity index (χ1n) is 2.65. The Kier molecular flexibility index (Phi) is 5.81. The van der Waals surface area contributed by atoms with Crippen LogP contribution < -0.4 is 0 Å². The minimum absolute atomic E-state index is 0.143. The highest BCUT2D eigenvalue weighted by Crippen LogP contribution is 1.82. The van der Waals surface area contributed by atoms with E-state index in [1.54, 1.807) is 6.08 Å². The minimum atomic E-state index is -2.37. The van der Waals surface area contributed by atoms with Gasteiger partial charge in [0.2, 0.25) is 0 Å². The summed E-state index contributed by atoms with van der Waals surface area (Å²) >= 11 is -2.37. The highest BCUT2D eigenvalue weighted by atomic mass is 32.2. The highest BCUT2D eigenvalue weighted by molar-refractivity contribution is 7.74. The molecule has 0 aliphatic rings. The summed E-state index contributed by atoms with van der Waals surface area (Å²) in [5, 5.41) is 0. The molecule has 0 saturated carbocycles. The standard InChI is InChI=1S/C5H10O3S/c1-2-3-4-5-8-9(6)7/h3-4H,2,5H2,1H3,(H,6,7)/p-1. The Morgan fingerprint density at radius 2 is 2.33 bits per heavy atom. The predicted octanol–water partition coefficient (Wildman–Crippen LogP) is 0.763. The van der Waals surface area contributed by atoms with Gasteiger partial charge in [-0.3, -0.25) is 4.18 Å². The zero-order valence-corrected chi connectivity index (χ0v) is 6.02. The molecule has 0 saturated heterocycles. The quantitative estimate of drug-likeness (QED) is 0.438. The molecule has 0 aromatic rings. The van der Waals surface area contributed by atoms with Gasteiger partial charge in [0.15, 0.2) is 0 Å². The Labute approximate surface area is 57.2 Å². The Hall–Kier alpha value is -0.190. The SMILES string of the molecule is CCC=CCOS(=O)[O-]. The van der Waals surface area contributed by atoms with Crippen LogP contribution in [0, 0.1) is 0 Å². The molecule has 0 fully saturated rings. The zero-order chi connectivity index (χ0) is 7.11. The lowest BCUT2D eigenvalue weighted by atomic mass is 10.4. The molecule has 0 spiro atoms. The lowest BCUT2D eigenvalue weighted by molar-refractivity contribution is 0.334. The number of hydrogen-bond donors (Lipinski definition) is 0. The summed E-state index contributed by atoms with van der Waals surface area (Å²) in [5.41, 5.74) is 0. The number of rotatable bonds is 4. The molecule has 0 aliphatic carbocycles. The molecule has 9 heavy (non-hydrogen) atoms. The van der Waals surface area contributed by atoms with Gasteiger partial charge in [-0.15, -0.1) is 0 Å². The summed E-state index contributed by atoms with van der Waals surface area (Å²) in [4.78, 5) is 0. The van der Waals surface area contributed by atoms with E-state index in [1.165, 1.54) is 0 Å². The van der Waals surface area contributed by atoms with Crippen molar-refractivity contribution in [1.82, 2.24) is 0 Å². The molecule has 0 aromatic carbocycles. The summed E-state index contributed by atoms with van der Waals surface area (Å²) in [6.07, 6.45) is 4.40. The third kappa shape index (κ3) is 7.81. The van der Waals surface area contributed by atoms with Crippen molar-refractivity contribution in [2.24, 2.45) is 0 Å². The molecule has 4 heteroatoms. The van der Waals surface area contributed by atoms with Crippen LogP contribution in [0.25, 0.3) is 0 Å². The normalized spacial score (nSPS) is 14.4. The van der Waals surface area contributed by atoms with Crippen LogP contribution in [0.5, 0.6) is 0 Å². The zero-order valence-electron chi connectivity index (χ0n) is 5.20. The molecule has 0 rings (SSSR count). The molecular formula is C5H9O3S-. The van der Waals surface area contributed by atoms with Crippen molar-refractivity contribution in [2.75, 3.05) is 6.61 Å². The molecule has 0 radical (unpaired) electrons.